The van der Waals surface area contributed by atoms with E-state index in [1.54, 1.807) is 4.90 Å². The van der Waals surface area contributed by atoms with Crippen molar-refractivity contribution in [3.8, 4) is 0 Å². The van der Waals surface area contributed by atoms with Gasteiger partial charge in [0, 0.05) is 13.1 Å². The number of hydrogen-bond acceptors (Lipinski definition) is 6. The van der Waals surface area contributed by atoms with Crippen LogP contribution in [0.5, 0.6) is 0 Å². The number of rotatable bonds is 1. The van der Waals surface area contributed by atoms with Crippen LogP contribution in [-0.2, 0) is 19.1 Å². The number of aliphatic carboxylic acids is 2. The molecule has 9 nitrogen and oxygen atoms in total. The van der Waals surface area contributed by atoms with Gasteiger partial charge < -0.3 is 30.3 Å². The molecule has 122 valence electrons. The number of nitrogens with two attached hydrogens (primary N) is 1. The van der Waals surface area contributed by atoms with Gasteiger partial charge in [-0.3, -0.25) is 0 Å². The Morgan fingerprint density at radius 2 is 1.81 bits per heavy atom. The first kappa shape index (κ1) is 19.1. The highest BCUT2D eigenvalue weighted by molar-refractivity contribution is 6.27. The molecule has 0 aromatic rings. The summed E-state index contributed by atoms with van der Waals surface area (Å²) in [4.78, 5) is 31.5. The molecular formula is C12H22N2O7. The molecule has 1 amide bonds. The first-order valence-corrected chi connectivity index (χ1v) is 6.32. The van der Waals surface area contributed by atoms with E-state index in [9.17, 15) is 4.79 Å². The molecule has 0 saturated carbocycles. The van der Waals surface area contributed by atoms with E-state index in [1.807, 2.05) is 20.8 Å². The molecule has 1 aliphatic heterocycles. The number of amides is 1. The summed E-state index contributed by atoms with van der Waals surface area (Å²) in [5.41, 5.74) is 5.04. The van der Waals surface area contributed by atoms with Gasteiger partial charge in [-0.05, 0) is 20.8 Å². The number of ether oxygens (including phenoxy) is 2. The van der Waals surface area contributed by atoms with Crippen molar-refractivity contribution in [2.24, 2.45) is 5.73 Å². The molecule has 0 bridgehead atoms. The van der Waals surface area contributed by atoms with Gasteiger partial charge in [-0.2, -0.15) is 0 Å². The molecule has 1 saturated heterocycles. The van der Waals surface area contributed by atoms with E-state index in [4.69, 9.17) is 35.0 Å². The molecular weight excluding hydrogens is 284 g/mol. The molecule has 0 aromatic carbocycles. The van der Waals surface area contributed by atoms with Crippen molar-refractivity contribution in [1.29, 1.82) is 0 Å². The summed E-state index contributed by atoms with van der Waals surface area (Å²) >= 11 is 0. The van der Waals surface area contributed by atoms with E-state index in [0.29, 0.717) is 26.2 Å². The zero-order chi connectivity index (χ0) is 16.6. The molecule has 21 heavy (non-hydrogen) atoms. The van der Waals surface area contributed by atoms with Crippen molar-refractivity contribution >= 4 is 18.0 Å². The highest BCUT2D eigenvalue weighted by Crippen LogP contribution is 2.12. The summed E-state index contributed by atoms with van der Waals surface area (Å²) in [6.07, 6.45) is -0.351. The Bertz CT molecular complexity index is 366. The Kier molecular flexibility index (Phi) is 7.67. The molecule has 4 N–H and O–H groups in total. The van der Waals surface area contributed by atoms with E-state index in [2.05, 4.69) is 0 Å². The van der Waals surface area contributed by atoms with Crippen LogP contribution in [0.3, 0.4) is 0 Å². The molecule has 1 fully saturated rings. The fourth-order valence-electron chi connectivity index (χ4n) is 1.35. The second kappa shape index (κ2) is 8.42. The van der Waals surface area contributed by atoms with Gasteiger partial charge in [0.15, 0.2) is 0 Å². The van der Waals surface area contributed by atoms with E-state index in [1.165, 1.54) is 0 Å². The van der Waals surface area contributed by atoms with E-state index < -0.39 is 17.5 Å². The lowest BCUT2D eigenvalue weighted by atomic mass is 10.2. The first-order valence-electron chi connectivity index (χ1n) is 6.32. The highest BCUT2D eigenvalue weighted by atomic mass is 16.6. The molecule has 0 spiro atoms. The van der Waals surface area contributed by atoms with Crippen molar-refractivity contribution < 1.29 is 34.1 Å². The number of nitrogens with zero attached hydrogens (tertiary/aromatic N) is 1. The first-order chi connectivity index (χ1) is 9.56. The largest absolute Gasteiger partial charge is 0.473 e. The third-order valence-corrected chi connectivity index (χ3v) is 2.24. The zero-order valence-electron chi connectivity index (χ0n) is 12.4. The van der Waals surface area contributed by atoms with E-state index >= 15 is 0 Å². The van der Waals surface area contributed by atoms with Gasteiger partial charge in [0.25, 0.3) is 0 Å². The maximum absolute atomic E-state index is 11.7. The lowest BCUT2D eigenvalue weighted by Crippen LogP contribution is -2.49. The lowest BCUT2D eigenvalue weighted by Gasteiger charge is -2.33. The molecule has 1 atom stereocenters. The number of carboxylic acids is 2. The molecule has 1 unspecified atom stereocenters. The SMILES string of the molecule is CC(C)(C)OC(=O)N1CCOC(CN)C1.O=C(O)C(=O)O. The highest BCUT2D eigenvalue weighted by Gasteiger charge is 2.27. The van der Waals surface area contributed by atoms with Gasteiger partial charge in [0.1, 0.15) is 5.60 Å². The van der Waals surface area contributed by atoms with Crippen LogP contribution in [0.15, 0.2) is 0 Å². The maximum Gasteiger partial charge on any atom is 0.414 e. The Balaban J connectivity index is 0.000000567. The van der Waals surface area contributed by atoms with Crippen LogP contribution in [0.1, 0.15) is 20.8 Å². The monoisotopic (exact) mass is 306 g/mol. The minimum Gasteiger partial charge on any atom is -0.473 e. The minimum atomic E-state index is -1.82. The number of carbonyl (C=O) groups is 3. The van der Waals surface area contributed by atoms with Crippen LogP contribution in [0.4, 0.5) is 4.79 Å². The predicted molar refractivity (Wildman–Crippen MR) is 71.9 cm³/mol. The summed E-state index contributed by atoms with van der Waals surface area (Å²) in [7, 11) is 0. The fourth-order valence-corrected chi connectivity index (χ4v) is 1.35. The maximum atomic E-state index is 11.7. The average Bonchev–Trinajstić information content (AvgIpc) is 2.37. The van der Waals surface area contributed by atoms with Gasteiger partial charge in [0.2, 0.25) is 0 Å². The van der Waals surface area contributed by atoms with Crippen molar-refractivity contribution in [2.45, 2.75) is 32.5 Å². The van der Waals surface area contributed by atoms with Crippen LogP contribution < -0.4 is 5.73 Å². The Morgan fingerprint density at radius 3 is 2.19 bits per heavy atom. The number of morpholine rings is 1. The standard InChI is InChI=1S/C10H20N2O3.C2H2O4/c1-10(2,3)15-9(13)12-4-5-14-8(6-11)7-12;3-1(4)2(5)6/h8H,4-7,11H2,1-3H3;(H,3,4)(H,5,6). The molecule has 1 rings (SSSR count). The molecule has 0 radical (unpaired) electrons. The number of hydrogen-bond donors (Lipinski definition) is 3. The summed E-state index contributed by atoms with van der Waals surface area (Å²) in [5, 5.41) is 14.8. The molecule has 1 heterocycles. The van der Waals surface area contributed by atoms with E-state index in [-0.39, 0.29) is 12.2 Å². The summed E-state index contributed by atoms with van der Waals surface area (Å²) in [6, 6.07) is 0. The van der Waals surface area contributed by atoms with Crippen LogP contribution in [0.2, 0.25) is 0 Å². The summed E-state index contributed by atoms with van der Waals surface area (Å²) in [5.74, 6) is -3.65. The van der Waals surface area contributed by atoms with Gasteiger partial charge in [-0.15, -0.1) is 0 Å². The van der Waals surface area contributed by atoms with Crippen LogP contribution in [0, 0.1) is 0 Å². The Hall–Kier alpha value is -1.87. The topological polar surface area (TPSA) is 139 Å². The van der Waals surface area contributed by atoms with Crippen LogP contribution in [-0.4, -0.2) is 71.1 Å². The lowest BCUT2D eigenvalue weighted by molar-refractivity contribution is -0.159. The van der Waals surface area contributed by atoms with Crippen molar-refractivity contribution in [3.63, 3.8) is 0 Å². The third-order valence-electron chi connectivity index (χ3n) is 2.24. The van der Waals surface area contributed by atoms with Gasteiger partial charge in [0.05, 0.1) is 19.3 Å². The minimum absolute atomic E-state index is 0.0636. The molecule has 9 heteroatoms. The smallest absolute Gasteiger partial charge is 0.414 e. The molecule has 0 aromatic heterocycles. The molecule has 0 aliphatic carbocycles. The second-order valence-corrected chi connectivity index (χ2v) is 5.27. The van der Waals surface area contributed by atoms with Gasteiger partial charge in [-0.25, -0.2) is 14.4 Å². The van der Waals surface area contributed by atoms with Crippen LogP contribution >= 0.6 is 0 Å². The van der Waals surface area contributed by atoms with Gasteiger partial charge in [-0.1, -0.05) is 0 Å². The number of carbonyl (C=O) groups excluding carboxylic acids is 1. The normalized spacial score (nSPS) is 18.3. The quantitative estimate of drug-likeness (QED) is 0.563. The zero-order valence-corrected chi connectivity index (χ0v) is 12.4. The van der Waals surface area contributed by atoms with Crippen molar-refractivity contribution in [3.05, 3.63) is 0 Å². The fraction of sp³-hybridized carbons (Fsp3) is 0.750. The van der Waals surface area contributed by atoms with Crippen molar-refractivity contribution in [1.82, 2.24) is 4.90 Å². The summed E-state index contributed by atoms with van der Waals surface area (Å²) < 4.78 is 10.6. The number of carboxylic acid groups (broad SMARTS) is 2. The average molecular weight is 306 g/mol. The summed E-state index contributed by atoms with van der Waals surface area (Å²) in [6.45, 7) is 7.61. The van der Waals surface area contributed by atoms with E-state index in [0.717, 1.165) is 0 Å². The Labute approximate surface area is 122 Å². The van der Waals surface area contributed by atoms with Crippen molar-refractivity contribution in [2.75, 3.05) is 26.2 Å². The second-order valence-electron chi connectivity index (χ2n) is 5.27. The molecule has 1 aliphatic rings. The van der Waals surface area contributed by atoms with Crippen LogP contribution in [0.25, 0.3) is 0 Å². The third kappa shape index (κ3) is 8.82. The van der Waals surface area contributed by atoms with Gasteiger partial charge >= 0.3 is 18.0 Å². The Morgan fingerprint density at radius 1 is 1.29 bits per heavy atom. The predicted octanol–water partition coefficient (Wildman–Crippen LogP) is -0.263.